The van der Waals surface area contributed by atoms with Gasteiger partial charge in [0.05, 0.1) is 0 Å². The highest BCUT2D eigenvalue weighted by Gasteiger charge is 2.14. The van der Waals surface area contributed by atoms with Gasteiger partial charge in [-0.3, -0.25) is 0 Å². The number of hydrogen-bond acceptors (Lipinski definition) is 1. The van der Waals surface area contributed by atoms with Crippen molar-refractivity contribution in [3.05, 3.63) is 70.4 Å². The molecule has 1 heterocycles. The Balaban J connectivity index is 1.99. The van der Waals surface area contributed by atoms with Crippen LogP contribution in [0.25, 0.3) is 34.2 Å². The number of halogens is 1. The highest BCUT2D eigenvalue weighted by Crippen LogP contribution is 2.36. The summed E-state index contributed by atoms with van der Waals surface area (Å²) in [4.78, 5) is 0. The van der Waals surface area contributed by atoms with Crippen LogP contribution in [0.1, 0.15) is 17.7 Å². The van der Waals surface area contributed by atoms with E-state index < -0.39 is 0 Å². The molecule has 1 aliphatic carbocycles. The molecule has 1 aliphatic rings. The Labute approximate surface area is 131 Å². The highest BCUT2D eigenvalue weighted by molar-refractivity contribution is 9.10. The van der Waals surface area contributed by atoms with Crippen LogP contribution in [-0.2, 0) is 0 Å². The molecule has 0 unspecified atom stereocenters. The molecule has 102 valence electrons. The van der Waals surface area contributed by atoms with Crippen molar-refractivity contribution >= 4 is 39.1 Å². The Morgan fingerprint density at radius 3 is 2.57 bits per heavy atom. The molecule has 0 fully saturated rings. The predicted octanol–water partition coefficient (Wildman–Crippen LogP) is 6.29. The second kappa shape index (κ2) is 5.05. The van der Waals surface area contributed by atoms with Crippen molar-refractivity contribution in [1.82, 2.24) is 0 Å². The highest BCUT2D eigenvalue weighted by atomic mass is 79.9. The maximum atomic E-state index is 6.14. The fourth-order valence-electron chi connectivity index (χ4n) is 2.75. The maximum absolute atomic E-state index is 6.14. The normalized spacial score (nSPS) is 13.4. The summed E-state index contributed by atoms with van der Waals surface area (Å²) in [5.74, 6) is 0.948. The fraction of sp³-hybridized carbons (Fsp3) is 0.0526. The second-order valence-corrected chi connectivity index (χ2v) is 6.03. The summed E-state index contributed by atoms with van der Waals surface area (Å²) in [6, 6.07) is 14.7. The molecule has 0 spiro atoms. The molecule has 0 aliphatic heterocycles. The lowest BCUT2D eigenvalue weighted by molar-refractivity contribution is 0.604. The summed E-state index contributed by atoms with van der Waals surface area (Å²) in [5.41, 5.74) is 4.44. The van der Waals surface area contributed by atoms with Crippen LogP contribution in [0, 0.1) is 0 Å². The minimum absolute atomic E-state index is 0.948. The molecular formula is C19H13BrO. The van der Waals surface area contributed by atoms with Gasteiger partial charge < -0.3 is 4.42 Å². The average molecular weight is 337 g/mol. The number of furan rings is 1. The number of para-hydroxylation sites is 1. The molecule has 2 aromatic carbocycles. The molecule has 0 N–H and O–H groups in total. The second-order valence-electron chi connectivity index (χ2n) is 5.11. The first kappa shape index (κ1) is 12.7. The zero-order valence-electron chi connectivity index (χ0n) is 11.3. The molecule has 2 heteroatoms. The van der Waals surface area contributed by atoms with Crippen molar-refractivity contribution in [1.29, 1.82) is 0 Å². The SMILES string of the molecule is Brc1ccc(-c2cccc3c4c(oc23)C=CCC=C4)cc1. The van der Waals surface area contributed by atoms with Crippen LogP contribution < -0.4 is 0 Å². The van der Waals surface area contributed by atoms with Crippen molar-refractivity contribution in [3.63, 3.8) is 0 Å². The van der Waals surface area contributed by atoms with E-state index >= 15 is 0 Å². The van der Waals surface area contributed by atoms with E-state index in [9.17, 15) is 0 Å². The summed E-state index contributed by atoms with van der Waals surface area (Å²) < 4.78 is 7.22. The van der Waals surface area contributed by atoms with Crippen LogP contribution in [0.3, 0.4) is 0 Å². The molecule has 0 radical (unpaired) electrons. The quantitative estimate of drug-likeness (QED) is 0.508. The molecule has 1 aromatic heterocycles. The third kappa shape index (κ3) is 2.16. The molecule has 3 aromatic rings. The van der Waals surface area contributed by atoms with E-state index in [1.54, 1.807) is 0 Å². The Morgan fingerprint density at radius 2 is 1.71 bits per heavy atom. The van der Waals surface area contributed by atoms with E-state index in [0.717, 1.165) is 27.8 Å². The van der Waals surface area contributed by atoms with Gasteiger partial charge in [-0.1, -0.05) is 64.5 Å². The van der Waals surface area contributed by atoms with E-state index in [4.69, 9.17) is 4.42 Å². The first-order valence-electron chi connectivity index (χ1n) is 6.97. The Bertz CT molecular complexity index is 866. The maximum Gasteiger partial charge on any atom is 0.143 e. The van der Waals surface area contributed by atoms with Crippen LogP contribution in [-0.4, -0.2) is 0 Å². The van der Waals surface area contributed by atoms with Crippen molar-refractivity contribution in [3.8, 4) is 11.1 Å². The lowest BCUT2D eigenvalue weighted by Crippen LogP contribution is -1.79. The van der Waals surface area contributed by atoms with Gasteiger partial charge in [-0.15, -0.1) is 0 Å². The monoisotopic (exact) mass is 336 g/mol. The van der Waals surface area contributed by atoms with Gasteiger partial charge in [0.1, 0.15) is 11.3 Å². The van der Waals surface area contributed by atoms with Crippen LogP contribution in [0.5, 0.6) is 0 Å². The van der Waals surface area contributed by atoms with Gasteiger partial charge in [0.25, 0.3) is 0 Å². The standard InChI is InChI=1S/C19H13BrO/c20-14-11-9-13(10-12-14)15-6-4-7-17-16-5-2-1-3-8-18(16)21-19(15)17/h2-12H,1H2. The molecule has 0 amide bonds. The van der Waals surface area contributed by atoms with E-state index in [1.165, 1.54) is 16.5 Å². The molecule has 21 heavy (non-hydrogen) atoms. The number of fused-ring (bicyclic) bond motifs is 3. The average Bonchev–Trinajstić information content (AvgIpc) is 2.70. The minimum atomic E-state index is 0.948. The van der Waals surface area contributed by atoms with Crippen molar-refractivity contribution in [2.75, 3.05) is 0 Å². The van der Waals surface area contributed by atoms with E-state index in [2.05, 4.69) is 82.7 Å². The van der Waals surface area contributed by atoms with Crippen LogP contribution >= 0.6 is 15.9 Å². The minimum Gasteiger partial charge on any atom is -0.455 e. The summed E-state index contributed by atoms with van der Waals surface area (Å²) in [6.07, 6.45) is 9.49. The lowest BCUT2D eigenvalue weighted by Gasteiger charge is -2.03. The molecule has 4 rings (SSSR count). The summed E-state index contributed by atoms with van der Waals surface area (Å²) in [7, 11) is 0. The van der Waals surface area contributed by atoms with Crippen LogP contribution in [0.4, 0.5) is 0 Å². The molecule has 1 nitrogen and oxygen atoms in total. The Morgan fingerprint density at radius 1 is 0.905 bits per heavy atom. The number of benzene rings is 2. The van der Waals surface area contributed by atoms with Gasteiger partial charge in [-0.2, -0.15) is 0 Å². The summed E-state index contributed by atoms with van der Waals surface area (Å²) in [5, 5.41) is 1.17. The largest absolute Gasteiger partial charge is 0.455 e. The Kier molecular flexibility index (Phi) is 3.04. The van der Waals surface area contributed by atoms with E-state index in [1.807, 2.05) is 0 Å². The molecule has 0 saturated carbocycles. The smallest absolute Gasteiger partial charge is 0.143 e. The van der Waals surface area contributed by atoms with Gasteiger partial charge in [-0.05, 0) is 30.2 Å². The zero-order valence-corrected chi connectivity index (χ0v) is 12.9. The van der Waals surface area contributed by atoms with Crippen molar-refractivity contribution in [2.45, 2.75) is 6.42 Å². The van der Waals surface area contributed by atoms with Crippen LogP contribution in [0.15, 0.2) is 63.5 Å². The fourth-order valence-corrected chi connectivity index (χ4v) is 3.01. The number of allylic oxidation sites excluding steroid dienone is 2. The van der Waals surface area contributed by atoms with Gasteiger partial charge in [0, 0.05) is 21.0 Å². The third-order valence-electron chi connectivity index (χ3n) is 3.76. The van der Waals surface area contributed by atoms with Crippen molar-refractivity contribution < 1.29 is 4.42 Å². The predicted molar refractivity (Wildman–Crippen MR) is 92.0 cm³/mol. The number of hydrogen-bond donors (Lipinski definition) is 0. The van der Waals surface area contributed by atoms with Crippen molar-refractivity contribution in [2.24, 2.45) is 0 Å². The molecule has 0 bridgehead atoms. The van der Waals surface area contributed by atoms with Crippen LogP contribution in [0.2, 0.25) is 0 Å². The lowest BCUT2D eigenvalue weighted by atomic mass is 10.0. The first-order valence-corrected chi connectivity index (χ1v) is 7.77. The van der Waals surface area contributed by atoms with Gasteiger partial charge in [0.2, 0.25) is 0 Å². The summed E-state index contributed by atoms with van der Waals surface area (Å²) in [6.45, 7) is 0. The molecule has 0 atom stereocenters. The topological polar surface area (TPSA) is 13.1 Å². The Hall–Kier alpha value is -2.06. The molecular weight excluding hydrogens is 324 g/mol. The third-order valence-corrected chi connectivity index (χ3v) is 4.29. The molecule has 0 saturated heterocycles. The first-order chi connectivity index (χ1) is 10.3. The number of rotatable bonds is 1. The zero-order chi connectivity index (χ0) is 14.2. The van der Waals surface area contributed by atoms with E-state index in [-0.39, 0.29) is 0 Å². The van der Waals surface area contributed by atoms with E-state index in [0.29, 0.717) is 0 Å². The van der Waals surface area contributed by atoms with Gasteiger partial charge >= 0.3 is 0 Å². The van der Waals surface area contributed by atoms with Gasteiger partial charge in [0.15, 0.2) is 0 Å². The summed E-state index contributed by atoms with van der Waals surface area (Å²) >= 11 is 3.48. The van der Waals surface area contributed by atoms with Gasteiger partial charge in [-0.25, -0.2) is 0 Å².